The van der Waals surface area contributed by atoms with Crippen LogP contribution in [0.5, 0.6) is 0 Å². The average Bonchev–Trinajstić information content (AvgIpc) is 2.04. The fourth-order valence-electron chi connectivity index (χ4n) is 1.26. The van der Waals surface area contributed by atoms with Gasteiger partial charge in [0, 0.05) is 0 Å². The first-order valence-electron chi connectivity index (χ1n) is 4.18. The van der Waals surface area contributed by atoms with E-state index >= 15 is 0 Å². The predicted molar refractivity (Wildman–Crippen MR) is 45.1 cm³/mol. The molecule has 0 saturated carbocycles. The summed E-state index contributed by atoms with van der Waals surface area (Å²) in [5, 5.41) is 0. The van der Waals surface area contributed by atoms with Crippen LogP contribution in [0.4, 0.5) is 13.2 Å². The number of hydrogen-bond donors (Lipinski definition) is 1. The molecule has 0 aromatic carbocycles. The van der Waals surface area contributed by atoms with Crippen LogP contribution in [0.1, 0.15) is 12.8 Å². The molecule has 1 rings (SSSR count). The minimum Gasteiger partial charge on any atom is -0.330 e. The molecule has 0 aliphatic heterocycles. The smallest absolute Gasteiger partial charge is 0.330 e. The van der Waals surface area contributed by atoms with Gasteiger partial charge in [-0.2, -0.15) is 13.2 Å². The van der Waals surface area contributed by atoms with E-state index in [0.717, 1.165) is 5.57 Å². The monoisotopic (exact) mass is 191 g/mol. The summed E-state index contributed by atoms with van der Waals surface area (Å²) in [4.78, 5) is 0. The second kappa shape index (κ2) is 3.96. The van der Waals surface area contributed by atoms with Gasteiger partial charge in [-0.15, -0.1) is 0 Å². The van der Waals surface area contributed by atoms with Crippen molar-refractivity contribution in [3.8, 4) is 0 Å². The van der Waals surface area contributed by atoms with E-state index in [4.69, 9.17) is 5.73 Å². The van der Waals surface area contributed by atoms with Gasteiger partial charge in [0.05, 0.1) is 5.92 Å². The van der Waals surface area contributed by atoms with Crippen LogP contribution in [0.3, 0.4) is 0 Å². The summed E-state index contributed by atoms with van der Waals surface area (Å²) in [5.74, 6) is -1.31. The molecule has 2 N–H and O–H groups in total. The molecule has 4 heteroatoms. The SMILES string of the molecule is NCCC1=CCC(C(F)(F)F)C=C1. The highest BCUT2D eigenvalue weighted by atomic mass is 19.4. The van der Waals surface area contributed by atoms with Gasteiger partial charge in [0.15, 0.2) is 0 Å². The number of hydrogen-bond acceptors (Lipinski definition) is 1. The van der Waals surface area contributed by atoms with Gasteiger partial charge in [0.1, 0.15) is 0 Å². The molecule has 0 aromatic rings. The molecule has 0 amide bonds. The van der Waals surface area contributed by atoms with Gasteiger partial charge in [0.2, 0.25) is 0 Å². The second-order valence-electron chi connectivity index (χ2n) is 3.06. The molecule has 1 aliphatic rings. The maximum atomic E-state index is 12.1. The molecule has 1 atom stereocenters. The van der Waals surface area contributed by atoms with Crippen molar-refractivity contribution < 1.29 is 13.2 Å². The number of allylic oxidation sites excluding steroid dienone is 3. The molecule has 0 spiro atoms. The minimum absolute atomic E-state index is 0.0509. The fraction of sp³-hybridized carbons (Fsp3) is 0.556. The summed E-state index contributed by atoms with van der Waals surface area (Å²) in [6, 6.07) is 0. The zero-order chi connectivity index (χ0) is 9.90. The van der Waals surface area contributed by atoms with Gasteiger partial charge >= 0.3 is 6.18 Å². The van der Waals surface area contributed by atoms with Crippen molar-refractivity contribution in [1.82, 2.24) is 0 Å². The molecule has 13 heavy (non-hydrogen) atoms. The van der Waals surface area contributed by atoms with E-state index in [0.29, 0.717) is 13.0 Å². The molecule has 1 aliphatic carbocycles. The van der Waals surface area contributed by atoms with E-state index in [1.165, 1.54) is 12.2 Å². The van der Waals surface area contributed by atoms with E-state index < -0.39 is 12.1 Å². The molecule has 0 radical (unpaired) electrons. The van der Waals surface area contributed by atoms with Crippen molar-refractivity contribution in [2.24, 2.45) is 11.7 Å². The van der Waals surface area contributed by atoms with Crippen molar-refractivity contribution in [2.75, 3.05) is 6.54 Å². The molecule has 0 bridgehead atoms. The van der Waals surface area contributed by atoms with Crippen molar-refractivity contribution in [1.29, 1.82) is 0 Å². The van der Waals surface area contributed by atoms with Crippen molar-refractivity contribution in [2.45, 2.75) is 19.0 Å². The molecule has 0 fully saturated rings. The van der Waals surface area contributed by atoms with E-state index in [1.807, 2.05) is 0 Å². The Morgan fingerprint density at radius 3 is 2.54 bits per heavy atom. The van der Waals surface area contributed by atoms with Gasteiger partial charge in [-0.05, 0) is 19.4 Å². The Hall–Kier alpha value is -0.770. The van der Waals surface area contributed by atoms with Crippen LogP contribution in [0.25, 0.3) is 0 Å². The summed E-state index contributed by atoms with van der Waals surface area (Å²) >= 11 is 0. The third-order valence-corrected chi connectivity index (χ3v) is 2.03. The number of rotatable bonds is 2. The summed E-state index contributed by atoms with van der Waals surface area (Å²) in [6.45, 7) is 0.479. The summed E-state index contributed by atoms with van der Waals surface area (Å²) in [6.07, 6.45) is 0.947. The molecule has 0 heterocycles. The third-order valence-electron chi connectivity index (χ3n) is 2.03. The Balaban J connectivity index is 2.53. The maximum Gasteiger partial charge on any atom is 0.395 e. The van der Waals surface area contributed by atoms with E-state index in [2.05, 4.69) is 0 Å². The third kappa shape index (κ3) is 2.88. The number of nitrogens with two attached hydrogens (primary N) is 1. The van der Waals surface area contributed by atoms with E-state index in [1.54, 1.807) is 6.08 Å². The van der Waals surface area contributed by atoms with Gasteiger partial charge in [-0.1, -0.05) is 23.8 Å². The van der Waals surface area contributed by atoms with Gasteiger partial charge < -0.3 is 5.73 Å². The molecule has 1 nitrogen and oxygen atoms in total. The van der Waals surface area contributed by atoms with Gasteiger partial charge in [-0.25, -0.2) is 0 Å². The van der Waals surface area contributed by atoms with Crippen molar-refractivity contribution in [3.63, 3.8) is 0 Å². The van der Waals surface area contributed by atoms with Crippen LogP contribution >= 0.6 is 0 Å². The lowest BCUT2D eigenvalue weighted by atomic mass is 9.95. The zero-order valence-corrected chi connectivity index (χ0v) is 7.14. The normalized spacial score (nSPS) is 23.1. The Morgan fingerprint density at radius 1 is 1.46 bits per heavy atom. The number of alkyl halides is 3. The van der Waals surface area contributed by atoms with Crippen LogP contribution < -0.4 is 5.73 Å². The van der Waals surface area contributed by atoms with E-state index in [9.17, 15) is 13.2 Å². The second-order valence-corrected chi connectivity index (χ2v) is 3.06. The lowest BCUT2D eigenvalue weighted by Gasteiger charge is -2.18. The lowest BCUT2D eigenvalue weighted by Crippen LogP contribution is -2.21. The van der Waals surface area contributed by atoms with Crippen LogP contribution in [0.2, 0.25) is 0 Å². The Labute approximate surface area is 75.1 Å². The zero-order valence-electron chi connectivity index (χ0n) is 7.14. The molecule has 74 valence electrons. The summed E-state index contributed by atoms with van der Waals surface area (Å²) < 4.78 is 36.4. The van der Waals surface area contributed by atoms with Crippen LogP contribution in [0, 0.1) is 5.92 Å². The highest BCUT2D eigenvalue weighted by Crippen LogP contribution is 2.33. The highest BCUT2D eigenvalue weighted by molar-refractivity contribution is 5.24. The van der Waals surface area contributed by atoms with Crippen LogP contribution in [-0.4, -0.2) is 12.7 Å². The fourth-order valence-corrected chi connectivity index (χ4v) is 1.26. The highest BCUT2D eigenvalue weighted by Gasteiger charge is 2.37. The standard InChI is InChI=1S/C9H12F3N/c10-9(11,12)8-3-1-7(2-4-8)5-6-13/h1-3,8H,4-6,13H2. The average molecular weight is 191 g/mol. The minimum atomic E-state index is -4.11. The first-order chi connectivity index (χ1) is 6.04. The Bertz CT molecular complexity index is 228. The Morgan fingerprint density at radius 2 is 2.15 bits per heavy atom. The first-order valence-corrected chi connectivity index (χ1v) is 4.18. The molecule has 0 saturated heterocycles. The van der Waals surface area contributed by atoms with Gasteiger partial charge in [-0.3, -0.25) is 0 Å². The van der Waals surface area contributed by atoms with Gasteiger partial charge in [0.25, 0.3) is 0 Å². The quantitative estimate of drug-likeness (QED) is 0.712. The maximum absolute atomic E-state index is 12.1. The first kappa shape index (κ1) is 10.3. The predicted octanol–water partition coefficient (Wildman–Crippen LogP) is 2.40. The molecular formula is C9H12F3N. The molecular weight excluding hydrogens is 179 g/mol. The molecule has 1 unspecified atom stereocenters. The lowest BCUT2D eigenvalue weighted by molar-refractivity contribution is -0.160. The van der Waals surface area contributed by atoms with Crippen molar-refractivity contribution in [3.05, 3.63) is 23.8 Å². The molecule has 0 aromatic heterocycles. The Kier molecular flexibility index (Phi) is 3.14. The number of halogens is 3. The van der Waals surface area contributed by atoms with Crippen LogP contribution in [0.15, 0.2) is 23.8 Å². The van der Waals surface area contributed by atoms with Crippen LogP contribution in [-0.2, 0) is 0 Å². The largest absolute Gasteiger partial charge is 0.395 e. The topological polar surface area (TPSA) is 26.0 Å². The summed E-state index contributed by atoms with van der Waals surface area (Å²) in [7, 11) is 0. The van der Waals surface area contributed by atoms with E-state index in [-0.39, 0.29) is 6.42 Å². The summed E-state index contributed by atoms with van der Waals surface area (Å²) in [5.41, 5.74) is 6.19. The van der Waals surface area contributed by atoms with Crippen molar-refractivity contribution >= 4 is 0 Å².